The van der Waals surface area contributed by atoms with E-state index in [-0.39, 0.29) is 0 Å². The number of nitrogens with zero attached hydrogens (tertiary/aromatic N) is 1. The smallest absolute Gasteiger partial charge is 0.118 e. The Morgan fingerprint density at radius 3 is 2.59 bits per heavy atom. The monoisotopic (exact) mass is 251 g/mol. The zero-order valence-corrected chi connectivity index (χ0v) is 10.9. The maximum Gasteiger partial charge on any atom is 0.118 e. The summed E-state index contributed by atoms with van der Waals surface area (Å²) in [5.41, 5.74) is 2.92. The van der Waals surface area contributed by atoms with Gasteiger partial charge in [-0.1, -0.05) is 29.8 Å². The second kappa shape index (κ2) is 6.08. The number of benzene rings is 1. The largest absolute Gasteiger partial charge is 0.497 e. The van der Waals surface area contributed by atoms with Crippen molar-refractivity contribution < 1.29 is 4.74 Å². The van der Waals surface area contributed by atoms with Gasteiger partial charge in [-0.3, -0.25) is 4.90 Å². The third-order valence-corrected chi connectivity index (χ3v) is 3.22. The molecule has 2 nitrogen and oxygen atoms in total. The van der Waals surface area contributed by atoms with E-state index in [2.05, 4.69) is 17.0 Å². The summed E-state index contributed by atoms with van der Waals surface area (Å²) in [6.45, 7) is 1.91. The highest BCUT2D eigenvalue weighted by Crippen LogP contribution is 2.28. The molecular weight excluding hydrogens is 234 g/mol. The Hall–Kier alpha value is -0.990. The van der Waals surface area contributed by atoms with Crippen molar-refractivity contribution in [2.24, 2.45) is 0 Å². The SMILES string of the molecule is COc1ccc(CN(C/C=C/Cl)C2CC2)cc1. The van der Waals surface area contributed by atoms with Gasteiger partial charge in [0.25, 0.3) is 0 Å². The normalized spacial score (nSPS) is 15.7. The van der Waals surface area contributed by atoms with Gasteiger partial charge in [0.15, 0.2) is 0 Å². The minimum Gasteiger partial charge on any atom is -0.497 e. The molecule has 0 bridgehead atoms. The summed E-state index contributed by atoms with van der Waals surface area (Å²) in [4.78, 5) is 2.46. The predicted octanol–water partition coefficient (Wildman–Crippen LogP) is 3.41. The lowest BCUT2D eigenvalue weighted by Crippen LogP contribution is -2.25. The average Bonchev–Trinajstić information content (AvgIpc) is 3.19. The van der Waals surface area contributed by atoms with Gasteiger partial charge in [-0.05, 0) is 30.5 Å². The van der Waals surface area contributed by atoms with Crippen molar-refractivity contribution in [2.45, 2.75) is 25.4 Å². The lowest BCUT2D eigenvalue weighted by molar-refractivity contribution is 0.283. The van der Waals surface area contributed by atoms with Gasteiger partial charge in [0, 0.05) is 24.7 Å². The molecule has 1 saturated carbocycles. The average molecular weight is 252 g/mol. The fourth-order valence-corrected chi connectivity index (χ4v) is 2.00. The third kappa shape index (κ3) is 3.76. The summed E-state index contributed by atoms with van der Waals surface area (Å²) in [7, 11) is 1.69. The lowest BCUT2D eigenvalue weighted by atomic mass is 10.2. The molecule has 0 spiro atoms. The molecular formula is C14H18ClNO. The number of hydrogen-bond acceptors (Lipinski definition) is 2. The molecule has 0 radical (unpaired) electrons. The molecule has 1 aromatic rings. The quantitative estimate of drug-likeness (QED) is 0.768. The second-order valence-electron chi connectivity index (χ2n) is 4.37. The summed E-state index contributed by atoms with van der Waals surface area (Å²) >= 11 is 5.59. The van der Waals surface area contributed by atoms with Crippen molar-refractivity contribution >= 4 is 11.6 Å². The summed E-state index contributed by atoms with van der Waals surface area (Å²) < 4.78 is 5.16. The van der Waals surface area contributed by atoms with Gasteiger partial charge in [0.05, 0.1) is 7.11 Å². The van der Waals surface area contributed by atoms with E-state index in [0.29, 0.717) is 0 Å². The van der Waals surface area contributed by atoms with E-state index in [1.165, 1.54) is 18.4 Å². The van der Waals surface area contributed by atoms with Gasteiger partial charge in [-0.2, -0.15) is 0 Å². The standard InChI is InChI=1S/C14H18ClNO/c1-17-14-7-3-12(4-8-14)11-16(10-2-9-15)13-5-6-13/h2-4,7-9,13H,5-6,10-11H2,1H3/b9-2+. The van der Waals surface area contributed by atoms with Crippen LogP contribution in [-0.2, 0) is 6.54 Å². The highest BCUT2D eigenvalue weighted by molar-refractivity contribution is 6.25. The minimum absolute atomic E-state index is 0.741. The molecule has 1 aliphatic rings. The molecule has 0 atom stereocenters. The van der Waals surface area contributed by atoms with E-state index in [0.717, 1.165) is 24.9 Å². The number of hydrogen-bond donors (Lipinski definition) is 0. The highest BCUT2D eigenvalue weighted by Gasteiger charge is 2.27. The van der Waals surface area contributed by atoms with Crippen LogP contribution in [0, 0.1) is 0 Å². The Labute approximate surface area is 108 Å². The predicted molar refractivity (Wildman–Crippen MR) is 71.4 cm³/mol. The molecule has 0 unspecified atom stereocenters. The van der Waals surface area contributed by atoms with Crippen molar-refractivity contribution in [3.8, 4) is 5.75 Å². The topological polar surface area (TPSA) is 12.5 Å². The number of rotatable bonds is 6. The van der Waals surface area contributed by atoms with Crippen LogP contribution in [0.1, 0.15) is 18.4 Å². The molecule has 3 heteroatoms. The molecule has 0 amide bonds. The molecule has 0 aliphatic heterocycles. The molecule has 92 valence electrons. The van der Waals surface area contributed by atoms with Gasteiger partial charge in [-0.25, -0.2) is 0 Å². The Bertz CT molecular complexity index is 370. The van der Waals surface area contributed by atoms with Crippen molar-refractivity contribution in [3.05, 3.63) is 41.4 Å². The van der Waals surface area contributed by atoms with Crippen molar-refractivity contribution in [2.75, 3.05) is 13.7 Å². The molecule has 1 fully saturated rings. The van der Waals surface area contributed by atoms with E-state index in [1.54, 1.807) is 12.6 Å². The lowest BCUT2D eigenvalue weighted by Gasteiger charge is -2.20. The van der Waals surface area contributed by atoms with Gasteiger partial charge >= 0.3 is 0 Å². The highest BCUT2D eigenvalue weighted by atomic mass is 35.5. The summed E-state index contributed by atoms with van der Waals surface area (Å²) in [6, 6.07) is 9.01. The molecule has 0 N–H and O–H groups in total. The van der Waals surface area contributed by atoms with Gasteiger partial charge < -0.3 is 4.74 Å². The van der Waals surface area contributed by atoms with Crippen molar-refractivity contribution in [1.82, 2.24) is 4.90 Å². The Morgan fingerprint density at radius 2 is 2.06 bits per heavy atom. The van der Waals surface area contributed by atoms with Crippen LogP contribution in [-0.4, -0.2) is 24.6 Å². The van der Waals surface area contributed by atoms with Gasteiger partial charge in [0.1, 0.15) is 5.75 Å². The molecule has 0 aromatic heterocycles. The van der Waals surface area contributed by atoms with E-state index in [4.69, 9.17) is 16.3 Å². The minimum atomic E-state index is 0.741. The van der Waals surface area contributed by atoms with Crippen LogP contribution in [0.3, 0.4) is 0 Å². The number of halogens is 1. The summed E-state index contributed by atoms with van der Waals surface area (Å²) in [5.74, 6) is 0.910. The number of ether oxygens (including phenoxy) is 1. The first-order chi connectivity index (χ1) is 8.33. The Morgan fingerprint density at radius 1 is 1.35 bits per heavy atom. The molecule has 0 saturated heterocycles. The Kier molecular flexibility index (Phi) is 4.46. The van der Waals surface area contributed by atoms with Crippen molar-refractivity contribution in [3.63, 3.8) is 0 Å². The molecule has 0 heterocycles. The maximum absolute atomic E-state index is 5.59. The van der Waals surface area contributed by atoms with Crippen LogP contribution in [0.5, 0.6) is 5.75 Å². The summed E-state index contributed by atoms with van der Waals surface area (Å²) in [6.07, 6.45) is 4.63. The van der Waals surface area contributed by atoms with Crippen molar-refractivity contribution in [1.29, 1.82) is 0 Å². The van der Waals surface area contributed by atoms with Crippen LogP contribution >= 0.6 is 11.6 Å². The zero-order valence-electron chi connectivity index (χ0n) is 10.1. The van der Waals surface area contributed by atoms with E-state index >= 15 is 0 Å². The second-order valence-corrected chi connectivity index (χ2v) is 4.62. The third-order valence-electron chi connectivity index (χ3n) is 3.04. The van der Waals surface area contributed by atoms with E-state index < -0.39 is 0 Å². The van der Waals surface area contributed by atoms with Crippen LogP contribution in [0.2, 0.25) is 0 Å². The zero-order chi connectivity index (χ0) is 12.1. The van der Waals surface area contributed by atoms with Crippen LogP contribution in [0.25, 0.3) is 0 Å². The fraction of sp³-hybridized carbons (Fsp3) is 0.429. The first kappa shape index (κ1) is 12.5. The molecule has 1 aromatic carbocycles. The van der Waals surface area contributed by atoms with E-state index in [1.807, 2.05) is 18.2 Å². The van der Waals surface area contributed by atoms with E-state index in [9.17, 15) is 0 Å². The number of methoxy groups -OCH3 is 1. The molecule has 17 heavy (non-hydrogen) atoms. The van der Waals surface area contributed by atoms with Crippen LogP contribution < -0.4 is 4.74 Å². The fourth-order valence-electron chi connectivity index (χ4n) is 1.92. The summed E-state index contributed by atoms with van der Waals surface area (Å²) in [5, 5.41) is 0. The first-order valence-electron chi connectivity index (χ1n) is 5.95. The molecule has 1 aliphatic carbocycles. The van der Waals surface area contributed by atoms with Crippen LogP contribution in [0.15, 0.2) is 35.9 Å². The first-order valence-corrected chi connectivity index (χ1v) is 6.39. The Balaban J connectivity index is 1.95. The van der Waals surface area contributed by atoms with Gasteiger partial charge in [0.2, 0.25) is 0 Å². The van der Waals surface area contributed by atoms with Crippen LogP contribution in [0.4, 0.5) is 0 Å². The van der Waals surface area contributed by atoms with Gasteiger partial charge in [-0.15, -0.1) is 0 Å². The maximum atomic E-state index is 5.59. The molecule has 2 rings (SSSR count).